The van der Waals surface area contributed by atoms with Gasteiger partial charge in [0.25, 0.3) is 0 Å². The number of benzene rings is 2. The van der Waals surface area contributed by atoms with Crippen LogP contribution in [0, 0.1) is 0 Å². The van der Waals surface area contributed by atoms with Crippen molar-refractivity contribution < 1.29 is 14.6 Å². The van der Waals surface area contributed by atoms with Crippen molar-refractivity contribution in [1.82, 2.24) is 15.2 Å². The Hall–Kier alpha value is -3.22. The standard InChI is InChI=1S/C21H17N3O3.C2H6/c25-18-7-2-1-6-16(18)20-17-9-15(10-22-21(17)24-23-20)13-4-3-5-14(8-13)19-11-26-12-27-19;1-2/h1-10,19,25H,11-12H2,(H,22,23,24);1-2H3/t19-;/m1./s1. The van der Waals surface area contributed by atoms with Crippen LogP contribution in [0.2, 0.25) is 0 Å². The minimum atomic E-state index is -0.0348. The van der Waals surface area contributed by atoms with Crippen LogP contribution in [0.1, 0.15) is 25.5 Å². The second-order valence-electron chi connectivity index (χ2n) is 6.48. The molecule has 0 aliphatic carbocycles. The van der Waals surface area contributed by atoms with E-state index in [4.69, 9.17) is 9.47 Å². The Kier molecular flexibility index (Phi) is 5.55. The van der Waals surface area contributed by atoms with Crippen LogP contribution in [-0.2, 0) is 9.47 Å². The maximum absolute atomic E-state index is 10.2. The van der Waals surface area contributed by atoms with Crippen LogP contribution in [-0.4, -0.2) is 33.7 Å². The summed E-state index contributed by atoms with van der Waals surface area (Å²) in [6.07, 6.45) is 1.77. The molecular formula is C23H23N3O3. The van der Waals surface area contributed by atoms with Gasteiger partial charge in [-0.2, -0.15) is 5.10 Å². The maximum Gasteiger partial charge on any atom is 0.181 e. The van der Waals surface area contributed by atoms with Gasteiger partial charge in [0, 0.05) is 22.7 Å². The number of aromatic amines is 1. The van der Waals surface area contributed by atoms with Crippen molar-refractivity contribution in [2.75, 3.05) is 13.4 Å². The van der Waals surface area contributed by atoms with Crippen molar-refractivity contribution >= 4 is 11.0 Å². The summed E-state index contributed by atoms with van der Waals surface area (Å²) in [6, 6.07) is 17.4. The molecule has 0 radical (unpaired) electrons. The highest BCUT2D eigenvalue weighted by Crippen LogP contribution is 2.34. The van der Waals surface area contributed by atoms with E-state index in [9.17, 15) is 5.11 Å². The van der Waals surface area contributed by atoms with Gasteiger partial charge in [-0.3, -0.25) is 5.10 Å². The van der Waals surface area contributed by atoms with Crippen LogP contribution in [0.3, 0.4) is 0 Å². The normalized spacial score (nSPS) is 15.9. The highest BCUT2D eigenvalue weighted by Gasteiger charge is 2.19. The number of pyridine rings is 1. The van der Waals surface area contributed by atoms with E-state index < -0.39 is 0 Å². The number of phenolic OH excluding ortho intramolecular Hbond substituents is 1. The molecule has 3 heterocycles. The van der Waals surface area contributed by atoms with Crippen LogP contribution in [0.25, 0.3) is 33.4 Å². The van der Waals surface area contributed by atoms with Crippen molar-refractivity contribution in [3.8, 4) is 28.1 Å². The molecule has 29 heavy (non-hydrogen) atoms. The Labute approximate surface area is 169 Å². The van der Waals surface area contributed by atoms with E-state index in [1.165, 1.54) is 0 Å². The Morgan fingerprint density at radius 3 is 2.69 bits per heavy atom. The summed E-state index contributed by atoms with van der Waals surface area (Å²) in [7, 11) is 0. The number of aromatic hydroxyl groups is 1. The molecule has 6 nitrogen and oxygen atoms in total. The third kappa shape index (κ3) is 3.72. The number of hydrogen-bond donors (Lipinski definition) is 2. The number of nitrogens with one attached hydrogen (secondary N) is 1. The van der Waals surface area contributed by atoms with Crippen molar-refractivity contribution in [1.29, 1.82) is 0 Å². The number of fused-ring (bicyclic) bond motifs is 1. The molecule has 5 rings (SSSR count). The number of para-hydroxylation sites is 1. The first-order valence-corrected chi connectivity index (χ1v) is 9.72. The van der Waals surface area contributed by atoms with Crippen LogP contribution in [0.15, 0.2) is 60.8 Å². The molecule has 2 aromatic heterocycles. The second kappa shape index (κ2) is 8.43. The predicted octanol–water partition coefficient (Wildman–Crippen LogP) is 5.07. The number of ether oxygens (including phenoxy) is 2. The average Bonchev–Trinajstić information content (AvgIpc) is 3.46. The van der Waals surface area contributed by atoms with E-state index in [0.717, 1.165) is 27.8 Å². The summed E-state index contributed by atoms with van der Waals surface area (Å²) in [4.78, 5) is 4.48. The number of H-pyrrole nitrogens is 1. The van der Waals surface area contributed by atoms with Gasteiger partial charge < -0.3 is 14.6 Å². The SMILES string of the molecule is CC.Oc1ccccc1-c1[nH]nc2ncc(-c3cccc([C@H]4COCO4)c3)cc12. The van der Waals surface area contributed by atoms with Gasteiger partial charge in [-0.15, -0.1) is 0 Å². The minimum Gasteiger partial charge on any atom is -0.507 e. The Morgan fingerprint density at radius 2 is 1.90 bits per heavy atom. The molecule has 0 saturated carbocycles. The average molecular weight is 389 g/mol. The third-order valence-electron chi connectivity index (χ3n) is 4.80. The third-order valence-corrected chi connectivity index (χ3v) is 4.80. The van der Waals surface area contributed by atoms with Crippen molar-refractivity contribution in [3.05, 3.63) is 66.4 Å². The Bertz CT molecular complexity index is 1120. The molecule has 2 N–H and O–H groups in total. The topological polar surface area (TPSA) is 80.3 Å². The second-order valence-corrected chi connectivity index (χ2v) is 6.48. The largest absolute Gasteiger partial charge is 0.507 e. The first kappa shape index (κ1) is 19.1. The van der Waals surface area contributed by atoms with Gasteiger partial charge in [-0.1, -0.05) is 44.2 Å². The first-order valence-electron chi connectivity index (χ1n) is 9.72. The molecule has 0 spiro atoms. The highest BCUT2D eigenvalue weighted by atomic mass is 16.7. The van der Waals surface area contributed by atoms with Crippen molar-refractivity contribution in [2.24, 2.45) is 0 Å². The molecular weight excluding hydrogens is 366 g/mol. The number of phenols is 1. The lowest BCUT2D eigenvalue weighted by molar-refractivity contribution is 0.0466. The zero-order valence-corrected chi connectivity index (χ0v) is 16.4. The Morgan fingerprint density at radius 1 is 1.03 bits per heavy atom. The van der Waals surface area contributed by atoms with E-state index in [1.54, 1.807) is 12.1 Å². The molecule has 6 heteroatoms. The van der Waals surface area contributed by atoms with Crippen LogP contribution >= 0.6 is 0 Å². The molecule has 1 fully saturated rings. The molecule has 1 aliphatic heterocycles. The van der Waals surface area contributed by atoms with Gasteiger partial charge in [0.2, 0.25) is 0 Å². The van der Waals surface area contributed by atoms with Gasteiger partial charge in [0.15, 0.2) is 5.65 Å². The summed E-state index contributed by atoms with van der Waals surface area (Å²) >= 11 is 0. The molecule has 1 saturated heterocycles. The lowest BCUT2D eigenvalue weighted by Gasteiger charge is -2.10. The summed E-state index contributed by atoms with van der Waals surface area (Å²) in [5, 5.41) is 18.3. The zero-order chi connectivity index (χ0) is 20.2. The first-order chi connectivity index (χ1) is 14.3. The summed E-state index contributed by atoms with van der Waals surface area (Å²) in [5.74, 6) is 0.203. The van der Waals surface area contributed by atoms with Crippen LogP contribution < -0.4 is 0 Å². The van der Waals surface area contributed by atoms with Gasteiger partial charge in [-0.05, 0) is 35.4 Å². The molecule has 0 amide bonds. The number of nitrogens with zero attached hydrogens (tertiary/aromatic N) is 2. The summed E-state index contributed by atoms with van der Waals surface area (Å²) < 4.78 is 10.9. The number of hydrogen-bond acceptors (Lipinski definition) is 5. The van der Waals surface area contributed by atoms with E-state index in [1.807, 2.05) is 56.4 Å². The molecule has 0 unspecified atom stereocenters. The summed E-state index contributed by atoms with van der Waals surface area (Å²) in [6.45, 7) is 4.90. The highest BCUT2D eigenvalue weighted by molar-refractivity contribution is 5.94. The maximum atomic E-state index is 10.2. The van der Waals surface area contributed by atoms with Gasteiger partial charge in [0.1, 0.15) is 18.6 Å². The van der Waals surface area contributed by atoms with Crippen LogP contribution in [0.5, 0.6) is 5.75 Å². The van der Waals surface area contributed by atoms with Gasteiger partial charge in [-0.25, -0.2) is 4.98 Å². The molecule has 0 bridgehead atoms. The van der Waals surface area contributed by atoms with E-state index in [-0.39, 0.29) is 11.9 Å². The fourth-order valence-electron chi connectivity index (χ4n) is 3.39. The fourth-order valence-corrected chi connectivity index (χ4v) is 3.39. The zero-order valence-electron chi connectivity index (χ0n) is 16.4. The predicted molar refractivity (Wildman–Crippen MR) is 112 cm³/mol. The fraction of sp³-hybridized carbons (Fsp3) is 0.217. The van der Waals surface area contributed by atoms with Gasteiger partial charge in [0.05, 0.1) is 12.3 Å². The van der Waals surface area contributed by atoms with E-state index in [0.29, 0.717) is 24.6 Å². The van der Waals surface area contributed by atoms with E-state index in [2.05, 4.69) is 21.2 Å². The van der Waals surface area contributed by atoms with Crippen LogP contribution in [0.4, 0.5) is 0 Å². The number of aromatic nitrogens is 3. The lowest BCUT2D eigenvalue weighted by atomic mass is 10.0. The quantitative estimate of drug-likeness (QED) is 0.511. The Balaban J connectivity index is 0.000000994. The molecule has 1 aliphatic rings. The lowest BCUT2D eigenvalue weighted by Crippen LogP contribution is -1.99. The minimum absolute atomic E-state index is 0.0348. The van der Waals surface area contributed by atoms with Gasteiger partial charge >= 0.3 is 0 Å². The molecule has 4 aromatic rings. The van der Waals surface area contributed by atoms with Crippen molar-refractivity contribution in [3.63, 3.8) is 0 Å². The molecule has 2 aromatic carbocycles. The number of rotatable bonds is 3. The smallest absolute Gasteiger partial charge is 0.181 e. The molecule has 1 atom stereocenters. The van der Waals surface area contributed by atoms with E-state index >= 15 is 0 Å². The monoisotopic (exact) mass is 389 g/mol. The molecule has 148 valence electrons. The van der Waals surface area contributed by atoms with Crippen molar-refractivity contribution in [2.45, 2.75) is 20.0 Å². The summed E-state index contributed by atoms with van der Waals surface area (Å²) in [5.41, 5.74) is 5.16.